The smallest absolute Gasteiger partial charge is 0.472 e. The number of hydrogen-bond donors (Lipinski definition) is 4. The molecule has 0 rings (SSSR count). The minimum atomic E-state index is -4.68. The Labute approximate surface area is 244 Å². The molecule has 13 heteroatoms. The van der Waals surface area contributed by atoms with Crippen molar-refractivity contribution in [3.8, 4) is 0 Å². The van der Waals surface area contributed by atoms with Gasteiger partial charge in [-0.25, -0.2) is 4.57 Å². The number of rotatable bonds is 28. The van der Waals surface area contributed by atoms with Gasteiger partial charge in [0.2, 0.25) is 0 Å². The largest absolute Gasteiger partial charge is 0.481 e. The van der Waals surface area contributed by atoms with Crippen molar-refractivity contribution in [2.45, 2.75) is 122 Å². The van der Waals surface area contributed by atoms with E-state index in [1.54, 1.807) is 0 Å². The number of ether oxygens (including phenoxy) is 2. The van der Waals surface area contributed by atoms with E-state index in [1.807, 2.05) is 0 Å². The molecule has 4 N–H and O–H groups in total. The SMILES string of the molecule is CCCCCCCC/C=C\CCCCCCCC(=O)OC[C@H](COP(=O)(O)OC[C@@H](O)CO)OC(=O)CCC(=O)O. The number of esters is 2. The molecule has 1 unspecified atom stereocenters. The number of hydrogen-bond acceptors (Lipinski definition) is 10. The number of allylic oxidation sites excluding steroid dienone is 2. The first-order chi connectivity index (χ1) is 19.6. The van der Waals surface area contributed by atoms with E-state index < -0.39 is 77.2 Å². The molecule has 0 fully saturated rings. The summed E-state index contributed by atoms with van der Waals surface area (Å²) in [5, 5.41) is 26.7. The van der Waals surface area contributed by atoms with Gasteiger partial charge < -0.3 is 29.7 Å². The maximum absolute atomic E-state index is 12.1. The number of carboxylic acids is 1. The van der Waals surface area contributed by atoms with Crippen molar-refractivity contribution in [3.63, 3.8) is 0 Å². The Kier molecular flexibility index (Phi) is 24.7. The highest BCUT2D eigenvalue weighted by molar-refractivity contribution is 7.47. The van der Waals surface area contributed by atoms with E-state index in [1.165, 1.54) is 38.5 Å². The van der Waals surface area contributed by atoms with E-state index in [0.29, 0.717) is 6.42 Å². The van der Waals surface area contributed by atoms with Crippen LogP contribution in [0.4, 0.5) is 0 Å². The Hall–Kier alpha value is -1.82. The van der Waals surface area contributed by atoms with Crippen molar-refractivity contribution in [2.24, 2.45) is 0 Å². The fourth-order valence-electron chi connectivity index (χ4n) is 3.62. The Balaban J connectivity index is 4.23. The lowest BCUT2D eigenvalue weighted by atomic mass is 10.1. The third-order valence-electron chi connectivity index (χ3n) is 5.98. The van der Waals surface area contributed by atoms with Gasteiger partial charge in [0.05, 0.1) is 32.7 Å². The molecule has 0 amide bonds. The maximum atomic E-state index is 12.1. The Morgan fingerprint density at radius 2 is 1.32 bits per heavy atom. The molecule has 0 saturated heterocycles. The fraction of sp³-hybridized carbons (Fsp3) is 0.821. The molecule has 0 aliphatic heterocycles. The summed E-state index contributed by atoms with van der Waals surface area (Å²) < 4.78 is 31.4. The van der Waals surface area contributed by atoms with Crippen molar-refractivity contribution in [1.29, 1.82) is 0 Å². The molecule has 0 heterocycles. The standard InChI is InChI=1S/C28H51O12P/c1-2-3-4-5-6-7-8-9-10-11-12-13-14-15-16-17-27(33)37-22-25(40-28(34)19-18-26(31)32)23-39-41(35,36)38-21-24(30)20-29/h9-10,24-25,29-30H,2-8,11-23H2,1H3,(H,31,32)(H,35,36)/b10-9-/t24-,25+/m0/s1. The quantitative estimate of drug-likeness (QED) is 0.0410. The summed E-state index contributed by atoms with van der Waals surface area (Å²) in [6, 6.07) is 0. The van der Waals surface area contributed by atoms with Crippen LogP contribution in [-0.2, 0) is 37.5 Å². The van der Waals surface area contributed by atoms with Crippen LogP contribution in [-0.4, -0.2) is 76.8 Å². The molecule has 240 valence electrons. The van der Waals surface area contributed by atoms with Gasteiger partial charge >= 0.3 is 25.7 Å². The van der Waals surface area contributed by atoms with Gasteiger partial charge in [0, 0.05) is 6.42 Å². The van der Waals surface area contributed by atoms with Crippen LogP contribution in [0.5, 0.6) is 0 Å². The number of aliphatic carboxylic acids is 1. The molecule has 0 spiro atoms. The summed E-state index contributed by atoms with van der Waals surface area (Å²) in [4.78, 5) is 44.4. The molecular formula is C28H51O12P. The molecule has 0 aromatic carbocycles. The van der Waals surface area contributed by atoms with Crippen LogP contribution >= 0.6 is 7.82 Å². The predicted octanol–water partition coefficient (Wildman–Crippen LogP) is 4.83. The Bertz CT molecular complexity index is 773. The molecule has 0 saturated carbocycles. The lowest BCUT2D eigenvalue weighted by Crippen LogP contribution is -2.30. The van der Waals surface area contributed by atoms with Crippen LogP contribution in [0.3, 0.4) is 0 Å². The summed E-state index contributed by atoms with van der Waals surface area (Å²) >= 11 is 0. The number of unbranched alkanes of at least 4 members (excludes halogenated alkanes) is 11. The molecule has 0 radical (unpaired) electrons. The zero-order valence-electron chi connectivity index (χ0n) is 24.5. The number of aliphatic hydroxyl groups excluding tert-OH is 2. The number of carboxylic acid groups (broad SMARTS) is 1. The normalized spacial score (nSPS) is 14.4. The van der Waals surface area contributed by atoms with Crippen LogP contribution in [0.2, 0.25) is 0 Å². The average molecular weight is 611 g/mol. The second-order valence-electron chi connectivity index (χ2n) is 9.92. The topological polar surface area (TPSA) is 186 Å². The second-order valence-corrected chi connectivity index (χ2v) is 11.4. The van der Waals surface area contributed by atoms with E-state index in [9.17, 15) is 28.9 Å². The number of aliphatic hydroxyl groups is 2. The van der Waals surface area contributed by atoms with Gasteiger partial charge in [0.1, 0.15) is 12.7 Å². The highest BCUT2D eigenvalue weighted by atomic mass is 31.2. The Morgan fingerprint density at radius 1 is 0.756 bits per heavy atom. The lowest BCUT2D eigenvalue weighted by Gasteiger charge is -2.20. The first kappa shape index (κ1) is 39.2. The van der Waals surface area contributed by atoms with E-state index in [0.717, 1.165) is 38.5 Å². The predicted molar refractivity (Wildman–Crippen MR) is 152 cm³/mol. The summed E-state index contributed by atoms with van der Waals surface area (Å²) in [5.74, 6) is -2.67. The van der Waals surface area contributed by atoms with Crippen LogP contribution < -0.4 is 0 Å². The van der Waals surface area contributed by atoms with Crippen molar-refractivity contribution < 1.29 is 57.7 Å². The van der Waals surface area contributed by atoms with Gasteiger partial charge in [-0.3, -0.25) is 23.4 Å². The molecule has 0 aliphatic carbocycles. The Morgan fingerprint density at radius 3 is 1.90 bits per heavy atom. The monoisotopic (exact) mass is 610 g/mol. The molecule has 12 nitrogen and oxygen atoms in total. The highest BCUT2D eigenvalue weighted by Crippen LogP contribution is 2.43. The molecule has 41 heavy (non-hydrogen) atoms. The zero-order chi connectivity index (χ0) is 30.8. The summed E-state index contributed by atoms with van der Waals surface area (Å²) in [6.07, 6.45) is 15.7. The molecule has 0 bridgehead atoms. The van der Waals surface area contributed by atoms with Crippen LogP contribution in [0.1, 0.15) is 110 Å². The van der Waals surface area contributed by atoms with E-state index in [-0.39, 0.29) is 6.42 Å². The van der Waals surface area contributed by atoms with Gasteiger partial charge in [-0.15, -0.1) is 0 Å². The first-order valence-electron chi connectivity index (χ1n) is 14.7. The van der Waals surface area contributed by atoms with Gasteiger partial charge in [-0.2, -0.15) is 0 Å². The van der Waals surface area contributed by atoms with Crippen molar-refractivity contribution in [3.05, 3.63) is 12.2 Å². The maximum Gasteiger partial charge on any atom is 0.472 e. The van der Waals surface area contributed by atoms with Gasteiger partial charge in [-0.05, 0) is 32.1 Å². The number of phosphoric acid groups is 1. The van der Waals surface area contributed by atoms with Gasteiger partial charge in [0.15, 0.2) is 6.10 Å². The third-order valence-corrected chi connectivity index (χ3v) is 6.93. The molecule has 0 aromatic rings. The van der Waals surface area contributed by atoms with E-state index in [4.69, 9.17) is 24.2 Å². The van der Waals surface area contributed by atoms with Gasteiger partial charge in [0.25, 0.3) is 0 Å². The van der Waals surface area contributed by atoms with Crippen LogP contribution in [0, 0.1) is 0 Å². The average Bonchev–Trinajstić information content (AvgIpc) is 2.94. The van der Waals surface area contributed by atoms with Gasteiger partial charge in [-0.1, -0.05) is 70.4 Å². The number of carbonyl (C=O) groups excluding carboxylic acids is 2. The fourth-order valence-corrected chi connectivity index (χ4v) is 4.41. The summed E-state index contributed by atoms with van der Waals surface area (Å²) in [6.45, 7) is -0.319. The van der Waals surface area contributed by atoms with Crippen molar-refractivity contribution in [1.82, 2.24) is 0 Å². The van der Waals surface area contributed by atoms with Crippen LogP contribution in [0.25, 0.3) is 0 Å². The third kappa shape index (κ3) is 26.8. The first-order valence-corrected chi connectivity index (χ1v) is 16.2. The number of carbonyl (C=O) groups is 3. The number of phosphoric ester groups is 1. The minimum absolute atomic E-state index is 0.152. The summed E-state index contributed by atoms with van der Waals surface area (Å²) in [5.41, 5.74) is 0. The second kappa shape index (κ2) is 25.9. The van der Waals surface area contributed by atoms with Crippen molar-refractivity contribution in [2.75, 3.05) is 26.4 Å². The van der Waals surface area contributed by atoms with E-state index >= 15 is 0 Å². The molecular weight excluding hydrogens is 559 g/mol. The van der Waals surface area contributed by atoms with E-state index in [2.05, 4.69) is 23.6 Å². The summed E-state index contributed by atoms with van der Waals surface area (Å²) in [7, 11) is -4.68. The lowest BCUT2D eigenvalue weighted by molar-refractivity contribution is -0.162. The van der Waals surface area contributed by atoms with Crippen molar-refractivity contribution >= 4 is 25.7 Å². The highest BCUT2D eigenvalue weighted by Gasteiger charge is 2.27. The molecule has 0 aromatic heterocycles. The minimum Gasteiger partial charge on any atom is -0.481 e. The molecule has 3 atom stereocenters. The molecule has 0 aliphatic rings. The zero-order valence-corrected chi connectivity index (χ0v) is 25.3. The van der Waals surface area contributed by atoms with Crippen LogP contribution in [0.15, 0.2) is 12.2 Å².